The summed E-state index contributed by atoms with van der Waals surface area (Å²) in [7, 11) is 0. The smallest absolute Gasteiger partial charge is 0.339 e. The van der Waals surface area contributed by atoms with Crippen LogP contribution in [0.3, 0.4) is 0 Å². The van der Waals surface area contributed by atoms with E-state index in [0.717, 1.165) is 5.56 Å². The number of rotatable bonds is 6. The molecule has 0 saturated carbocycles. The fraction of sp³-hybridized carbons (Fsp3) is 0.100. The first kappa shape index (κ1) is 18.2. The van der Waals surface area contributed by atoms with Gasteiger partial charge in [-0.05, 0) is 29.7 Å². The Morgan fingerprint density at radius 3 is 2.54 bits per heavy atom. The molecular formula is C20H16ClNO3S. The number of hydrogen-bond donors (Lipinski definition) is 2. The minimum absolute atomic E-state index is 0.0883. The van der Waals surface area contributed by atoms with E-state index in [2.05, 4.69) is 5.32 Å². The third-order valence-electron chi connectivity index (χ3n) is 3.88. The van der Waals surface area contributed by atoms with Crippen LogP contribution in [0.15, 0.2) is 60.0 Å². The molecule has 132 valence electrons. The Labute approximate surface area is 160 Å². The lowest BCUT2D eigenvalue weighted by Crippen LogP contribution is -2.14. The molecule has 0 radical (unpaired) electrons. The highest BCUT2D eigenvalue weighted by atomic mass is 35.5. The van der Waals surface area contributed by atoms with Gasteiger partial charge in [-0.25, -0.2) is 4.79 Å². The number of aryl methyl sites for hydroxylation is 1. The zero-order valence-electron chi connectivity index (χ0n) is 13.7. The third-order valence-corrected chi connectivity index (χ3v) is 5.01. The summed E-state index contributed by atoms with van der Waals surface area (Å²) >= 11 is 7.20. The van der Waals surface area contributed by atoms with Gasteiger partial charge in [0.15, 0.2) is 0 Å². The van der Waals surface area contributed by atoms with Crippen molar-refractivity contribution in [2.24, 2.45) is 0 Å². The molecule has 2 N–H and O–H groups in total. The molecule has 1 heterocycles. The lowest BCUT2D eigenvalue weighted by Gasteiger charge is -2.06. The van der Waals surface area contributed by atoms with Gasteiger partial charge in [0.05, 0.1) is 0 Å². The average molecular weight is 386 g/mol. The maximum Gasteiger partial charge on any atom is 0.339 e. The van der Waals surface area contributed by atoms with Crippen LogP contribution in [0.25, 0.3) is 11.1 Å². The average Bonchev–Trinajstić information content (AvgIpc) is 3.04. The molecular weight excluding hydrogens is 370 g/mol. The second-order valence-electron chi connectivity index (χ2n) is 5.70. The second-order valence-corrected chi connectivity index (χ2v) is 7.02. The molecule has 0 atom stereocenters. The number of aromatic carboxylic acids is 1. The minimum Gasteiger partial charge on any atom is -0.478 e. The summed E-state index contributed by atoms with van der Waals surface area (Å²) in [5, 5.41) is 14.9. The molecule has 0 saturated heterocycles. The SMILES string of the molecule is O=C(CCc1ccccc1)Nc1scc(-c2cccc(Cl)c2)c1C(=O)O. The maximum atomic E-state index is 12.2. The number of nitrogens with one attached hydrogen (secondary N) is 1. The van der Waals surface area contributed by atoms with Crippen LogP contribution in [-0.2, 0) is 11.2 Å². The summed E-state index contributed by atoms with van der Waals surface area (Å²) in [6.07, 6.45) is 0.884. The van der Waals surface area contributed by atoms with E-state index in [1.807, 2.05) is 30.3 Å². The number of carbonyl (C=O) groups excluding carboxylic acids is 1. The van der Waals surface area contributed by atoms with Gasteiger partial charge in [-0.2, -0.15) is 0 Å². The molecule has 0 aliphatic carbocycles. The van der Waals surface area contributed by atoms with Crippen molar-refractivity contribution in [1.29, 1.82) is 0 Å². The Hall–Kier alpha value is -2.63. The third kappa shape index (κ3) is 4.31. The zero-order chi connectivity index (χ0) is 18.5. The van der Waals surface area contributed by atoms with Gasteiger partial charge in [-0.15, -0.1) is 11.3 Å². The van der Waals surface area contributed by atoms with Crippen LogP contribution < -0.4 is 5.32 Å². The van der Waals surface area contributed by atoms with Crippen molar-refractivity contribution in [3.05, 3.63) is 76.1 Å². The molecule has 0 unspecified atom stereocenters. The normalized spacial score (nSPS) is 10.5. The summed E-state index contributed by atoms with van der Waals surface area (Å²) in [6.45, 7) is 0. The molecule has 1 amide bonds. The topological polar surface area (TPSA) is 66.4 Å². The summed E-state index contributed by atoms with van der Waals surface area (Å²) in [6, 6.07) is 16.7. The molecule has 2 aromatic carbocycles. The van der Waals surface area contributed by atoms with Crippen molar-refractivity contribution in [2.45, 2.75) is 12.8 Å². The first-order valence-electron chi connectivity index (χ1n) is 7.99. The van der Waals surface area contributed by atoms with Crippen molar-refractivity contribution >= 4 is 39.8 Å². The van der Waals surface area contributed by atoms with Crippen LogP contribution in [0.1, 0.15) is 22.3 Å². The number of halogens is 1. The van der Waals surface area contributed by atoms with Crippen molar-refractivity contribution in [3.63, 3.8) is 0 Å². The van der Waals surface area contributed by atoms with Crippen molar-refractivity contribution in [1.82, 2.24) is 0 Å². The van der Waals surface area contributed by atoms with E-state index in [1.165, 1.54) is 11.3 Å². The molecule has 26 heavy (non-hydrogen) atoms. The Morgan fingerprint density at radius 1 is 1.08 bits per heavy atom. The molecule has 4 nitrogen and oxygen atoms in total. The lowest BCUT2D eigenvalue weighted by atomic mass is 10.0. The molecule has 0 aliphatic heterocycles. The van der Waals surface area contributed by atoms with E-state index in [0.29, 0.717) is 27.6 Å². The van der Waals surface area contributed by atoms with Gasteiger partial charge in [0.2, 0.25) is 5.91 Å². The first-order chi connectivity index (χ1) is 12.5. The Kier molecular flexibility index (Phi) is 5.71. The fourth-order valence-electron chi connectivity index (χ4n) is 2.62. The van der Waals surface area contributed by atoms with Gasteiger partial charge in [0.1, 0.15) is 10.6 Å². The molecule has 0 bridgehead atoms. The molecule has 1 aromatic heterocycles. The largest absolute Gasteiger partial charge is 0.478 e. The van der Waals surface area contributed by atoms with Gasteiger partial charge in [0.25, 0.3) is 0 Å². The van der Waals surface area contributed by atoms with Crippen molar-refractivity contribution in [2.75, 3.05) is 5.32 Å². The van der Waals surface area contributed by atoms with Gasteiger partial charge in [0, 0.05) is 22.4 Å². The number of thiophene rings is 1. The van der Waals surface area contributed by atoms with E-state index in [9.17, 15) is 14.7 Å². The predicted octanol–water partition coefficient (Wildman–Crippen LogP) is 5.34. The summed E-state index contributed by atoms with van der Waals surface area (Å²) in [5.41, 5.74) is 2.40. The van der Waals surface area contributed by atoms with E-state index < -0.39 is 5.97 Å². The van der Waals surface area contributed by atoms with Crippen LogP contribution >= 0.6 is 22.9 Å². The molecule has 0 spiro atoms. The van der Waals surface area contributed by atoms with E-state index in [-0.39, 0.29) is 17.9 Å². The monoisotopic (exact) mass is 385 g/mol. The highest BCUT2D eigenvalue weighted by Crippen LogP contribution is 2.36. The van der Waals surface area contributed by atoms with Gasteiger partial charge < -0.3 is 10.4 Å². The fourth-order valence-corrected chi connectivity index (χ4v) is 3.79. The first-order valence-corrected chi connectivity index (χ1v) is 9.25. The number of carbonyl (C=O) groups is 2. The Morgan fingerprint density at radius 2 is 1.85 bits per heavy atom. The zero-order valence-corrected chi connectivity index (χ0v) is 15.3. The second kappa shape index (κ2) is 8.17. The lowest BCUT2D eigenvalue weighted by molar-refractivity contribution is -0.116. The molecule has 6 heteroatoms. The summed E-state index contributed by atoms with van der Waals surface area (Å²) < 4.78 is 0. The number of hydrogen-bond acceptors (Lipinski definition) is 3. The highest BCUT2D eigenvalue weighted by molar-refractivity contribution is 7.15. The molecule has 0 aliphatic rings. The quantitative estimate of drug-likeness (QED) is 0.602. The predicted molar refractivity (Wildman–Crippen MR) is 105 cm³/mol. The van der Waals surface area contributed by atoms with Gasteiger partial charge in [-0.1, -0.05) is 54.1 Å². The van der Waals surface area contributed by atoms with Crippen LogP contribution in [0.5, 0.6) is 0 Å². The van der Waals surface area contributed by atoms with Gasteiger partial charge >= 0.3 is 5.97 Å². The highest BCUT2D eigenvalue weighted by Gasteiger charge is 2.21. The molecule has 3 rings (SSSR count). The standard InChI is InChI=1S/C20H16ClNO3S/c21-15-8-4-7-14(11-15)16-12-26-19(18(16)20(24)25)22-17(23)10-9-13-5-2-1-3-6-13/h1-8,11-12H,9-10H2,(H,22,23)(H,24,25). The summed E-state index contributed by atoms with van der Waals surface area (Å²) in [4.78, 5) is 24.0. The van der Waals surface area contributed by atoms with Crippen LogP contribution in [-0.4, -0.2) is 17.0 Å². The summed E-state index contributed by atoms with van der Waals surface area (Å²) in [5.74, 6) is -1.30. The maximum absolute atomic E-state index is 12.2. The van der Waals surface area contributed by atoms with E-state index in [1.54, 1.807) is 29.6 Å². The van der Waals surface area contributed by atoms with E-state index >= 15 is 0 Å². The van der Waals surface area contributed by atoms with E-state index in [4.69, 9.17) is 11.6 Å². The Balaban J connectivity index is 1.78. The number of carboxylic acid groups (broad SMARTS) is 1. The van der Waals surface area contributed by atoms with Crippen molar-refractivity contribution < 1.29 is 14.7 Å². The van der Waals surface area contributed by atoms with Gasteiger partial charge in [-0.3, -0.25) is 4.79 Å². The number of benzene rings is 2. The van der Waals surface area contributed by atoms with Crippen LogP contribution in [0.2, 0.25) is 5.02 Å². The molecule has 0 fully saturated rings. The van der Waals surface area contributed by atoms with Crippen molar-refractivity contribution in [3.8, 4) is 11.1 Å². The number of carboxylic acids is 1. The van der Waals surface area contributed by atoms with Crippen LogP contribution in [0, 0.1) is 0 Å². The molecule has 3 aromatic rings. The number of amides is 1. The van der Waals surface area contributed by atoms with Crippen LogP contribution in [0.4, 0.5) is 5.00 Å². The Bertz CT molecular complexity index is 937. The minimum atomic E-state index is -1.08. The number of anilines is 1.